The molecular formula is C11H14ClFO. The van der Waals surface area contributed by atoms with Crippen LogP contribution in [0.5, 0.6) is 0 Å². The molecule has 0 heterocycles. The molecule has 0 saturated carbocycles. The van der Waals surface area contributed by atoms with Gasteiger partial charge in [0.05, 0.1) is 0 Å². The van der Waals surface area contributed by atoms with E-state index in [1.54, 1.807) is 13.0 Å². The Bertz CT molecular complexity index is 321. The van der Waals surface area contributed by atoms with Crippen molar-refractivity contribution in [2.75, 3.05) is 6.61 Å². The van der Waals surface area contributed by atoms with Crippen molar-refractivity contribution in [3.63, 3.8) is 0 Å². The Hall–Kier alpha value is -0.600. The molecule has 1 nitrogen and oxygen atoms in total. The maximum atomic E-state index is 13.3. The van der Waals surface area contributed by atoms with Crippen LogP contribution in [0.1, 0.15) is 30.4 Å². The Balaban J connectivity index is 3.14. The Morgan fingerprint density at radius 1 is 1.50 bits per heavy atom. The van der Waals surface area contributed by atoms with Gasteiger partial charge >= 0.3 is 0 Å². The molecule has 3 heteroatoms. The number of rotatable bonds is 3. The number of aliphatic hydroxyl groups excluding tert-OH is 1. The lowest BCUT2D eigenvalue weighted by atomic mass is 9.96. The van der Waals surface area contributed by atoms with Crippen LogP contribution in [-0.4, -0.2) is 11.7 Å². The van der Waals surface area contributed by atoms with Crippen molar-refractivity contribution >= 4 is 11.6 Å². The van der Waals surface area contributed by atoms with Gasteiger partial charge in [0.15, 0.2) is 0 Å². The fraction of sp³-hybridized carbons (Fsp3) is 0.455. The summed E-state index contributed by atoms with van der Waals surface area (Å²) in [6.45, 7) is 3.61. The fourth-order valence-electron chi connectivity index (χ4n) is 1.42. The van der Waals surface area contributed by atoms with Crippen LogP contribution in [0.3, 0.4) is 0 Å². The summed E-state index contributed by atoms with van der Waals surface area (Å²) in [5.41, 5.74) is 1.23. The molecule has 1 aromatic rings. The van der Waals surface area contributed by atoms with Crippen molar-refractivity contribution < 1.29 is 9.50 Å². The van der Waals surface area contributed by atoms with E-state index in [1.807, 2.05) is 6.92 Å². The molecule has 0 aromatic heterocycles. The lowest BCUT2D eigenvalue weighted by Gasteiger charge is -2.14. The third-order valence-electron chi connectivity index (χ3n) is 2.43. The van der Waals surface area contributed by atoms with E-state index in [0.29, 0.717) is 16.1 Å². The van der Waals surface area contributed by atoms with Crippen molar-refractivity contribution in [3.8, 4) is 0 Å². The summed E-state index contributed by atoms with van der Waals surface area (Å²) in [6, 6.07) is 3.02. The standard InChI is InChI=1S/C11H14ClFO/c1-3-8(6-14)9-5-11(13)7(2)4-10(9)12/h4-5,8,14H,3,6H2,1-2H3. The van der Waals surface area contributed by atoms with Crippen molar-refractivity contribution in [2.45, 2.75) is 26.2 Å². The van der Waals surface area contributed by atoms with E-state index >= 15 is 0 Å². The summed E-state index contributed by atoms with van der Waals surface area (Å²) in [4.78, 5) is 0. The Kier molecular flexibility index (Phi) is 3.90. The van der Waals surface area contributed by atoms with Crippen LogP contribution in [0.25, 0.3) is 0 Å². The van der Waals surface area contributed by atoms with Crippen LogP contribution in [-0.2, 0) is 0 Å². The number of hydrogen-bond donors (Lipinski definition) is 1. The molecule has 1 N–H and O–H groups in total. The van der Waals surface area contributed by atoms with E-state index in [9.17, 15) is 4.39 Å². The van der Waals surface area contributed by atoms with Gasteiger partial charge in [0.2, 0.25) is 0 Å². The number of benzene rings is 1. The van der Waals surface area contributed by atoms with Crippen molar-refractivity contribution in [1.29, 1.82) is 0 Å². The molecule has 0 spiro atoms. The van der Waals surface area contributed by atoms with Gasteiger partial charge in [-0.1, -0.05) is 18.5 Å². The highest BCUT2D eigenvalue weighted by Gasteiger charge is 2.14. The SMILES string of the molecule is CCC(CO)c1cc(F)c(C)cc1Cl. The van der Waals surface area contributed by atoms with Gasteiger partial charge in [0.1, 0.15) is 5.82 Å². The minimum absolute atomic E-state index is 0.00127. The Morgan fingerprint density at radius 3 is 2.64 bits per heavy atom. The van der Waals surface area contributed by atoms with Crippen molar-refractivity contribution in [1.82, 2.24) is 0 Å². The first kappa shape index (κ1) is 11.5. The van der Waals surface area contributed by atoms with Gasteiger partial charge in [-0.15, -0.1) is 0 Å². The Morgan fingerprint density at radius 2 is 2.14 bits per heavy atom. The maximum absolute atomic E-state index is 13.3. The van der Waals surface area contributed by atoms with Gasteiger partial charge in [-0.25, -0.2) is 4.39 Å². The van der Waals surface area contributed by atoms with Crippen LogP contribution in [0, 0.1) is 12.7 Å². The van der Waals surface area contributed by atoms with Gasteiger partial charge in [-0.05, 0) is 36.6 Å². The molecule has 0 radical (unpaired) electrons. The minimum atomic E-state index is -0.267. The first-order chi connectivity index (χ1) is 6.60. The molecule has 1 rings (SSSR count). The van der Waals surface area contributed by atoms with Crippen LogP contribution >= 0.6 is 11.6 Å². The van der Waals surface area contributed by atoms with Crippen LogP contribution in [0.2, 0.25) is 5.02 Å². The lowest BCUT2D eigenvalue weighted by Crippen LogP contribution is -2.04. The van der Waals surface area contributed by atoms with Gasteiger partial charge in [0, 0.05) is 17.5 Å². The first-order valence-electron chi connectivity index (χ1n) is 4.66. The van der Waals surface area contributed by atoms with Crippen molar-refractivity contribution in [2.24, 2.45) is 0 Å². The zero-order valence-electron chi connectivity index (χ0n) is 8.35. The molecule has 1 atom stereocenters. The summed E-state index contributed by atoms with van der Waals surface area (Å²) < 4.78 is 13.3. The van der Waals surface area contributed by atoms with Crippen LogP contribution < -0.4 is 0 Å². The molecule has 14 heavy (non-hydrogen) atoms. The van der Waals surface area contributed by atoms with Crippen LogP contribution in [0.4, 0.5) is 4.39 Å². The summed E-state index contributed by atoms with van der Waals surface area (Å²) in [5.74, 6) is -0.339. The van der Waals surface area contributed by atoms with Crippen molar-refractivity contribution in [3.05, 3.63) is 34.1 Å². The molecule has 1 aromatic carbocycles. The summed E-state index contributed by atoms with van der Waals surface area (Å²) in [5, 5.41) is 9.62. The molecule has 0 aliphatic rings. The normalized spacial score (nSPS) is 12.9. The van der Waals surface area contributed by atoms with Gasteiger partial charge in [-0.2, -0.15) is 0 Å². The summed E-state index contributed by atoms with van der Waals surface area (Å²) in [6.07, 6.45) is 0.749. The van der Waals surface area contributed by atoms with E-state index in [4.69, 9.17) is 16.7 Å². The zero-order chi connectivity index (χ0) is 10.7. The second kappa shape index (κ2) is 4.76. The van der Waals surface area contributed by atoms with Crippen LogP contribution in [0.15, 0.2) is 12.1 Å². The number of aryl methyl sites for hydroxylation is 1. The van der Waals surface area contributed by atoms with E-state index < -0.39 is 0 Å². The molecule has 0 aliphatic carbocycles. The van der Waals surface area contributed by atoms with Gasteiger partial charge in [0.25, 0.3) is 0 Å². The monoisotopic (exact) mass is 216 g/mol. The molecule has 0 fully saturated rings. The molecular weight excluding hydrogens is 203 g/mol. The second-order valence-electron chi connectivity index (χ2n) is 3.41. The number of aliphatic hydroxyl groups is 1. The van der Waals surface area contributed by atoms with Gasteiger partial charge < -0.3 is 5.11 Å². The highest BCUT2D eigenvalue weighted by molar-refractivity contribution is 6.31. The molecule has 1 unspecified atom stereocenters. The lowest BCUT2D eigenvalue weighted by molar-refractivity contribution is 0.262. The number of hydrogen-bond acceptors (Lipinski definition) is 1. The van der Waals surface area contributed by atoms with E-state index in [1.165, 1.54) is 6.07 Å². The Labute approximate surface area is 88.5 Å². The third kappa shape index (κ3) is 2.25. The van der Waals surface area contributed by atoms with E-state index in [-0.39, 0.29) is 18.3 Å². The highest BCUT2D eigenvalue weighted by Crippen LogP contribution is 2.28. The third-order valence-corrected chi connectivity index (χ3v) is 2.76. The first-order valence-corrected chi connectivity index (χ1v) is 5.04. The second-order valence-corrected chi connectivity index (χ2v) is 3.82. The maximum Gasteiger partial charge on any atom is 0.126 e. The predicted molar refractivity (Wildman–Crippen MR) is 56.3 cm³/mol. The molecule has 78 valence electrons. The number of halogens is 2. The topological polar surface area (TPSA) is 20.2 Å². The molecule has 0 bridgehead atoms. The quantitative estimate of drug-likeness (QED) is 0.822. The van der Waals surface area contributed by atoms with E-state index in [0.717, 1.165) is 6.42 Å². The minimum Gasteiger partial charge on any atom is -0.396 e. The fourth-order valence-corrected chi connectivity index (χ4v) is 1.79. The summed E-state index contributed by atoms with van der Waals surface area (Å²) in [7, 11) is 0. The summed E-state index contributed by atoms with van der Waals surface area (Å²) >= 11 is 5.98. The van der Waals surface area contributed by atoms with E-state index in [2.05, 4.69) is 0 Å². The molecule has 0 saturated heterocycles. The highest BCUT2D eigenvalue weighted by atomic mass is 35.5. The predicted octanol–water partition coefficient (Wildman–Crippen LogP) is 3.27. The molecule has 0 aliphatic heterocycles. The van der Waals surface area contributed by atoms with Gasteiger partial charge in [-0.3, -0.25) is 0 Å². The average Bonchev–Trinajstić information content (AvgIpc) is 2.15. The zero-order valence-corrected chi connectivity index (χ0v) is 9.11. The average molecular weight is 217 g/mol. The smallest absolute Gasteiger partial charge is 0.126 e. The largest absolute Gasteiger partial charge is 0.396 e. The molecule has 0 amide bonds.